The molecule has 1 aromatic heterocycles. The summed E-state index contributed by atoms with van der Waals surface area (Å²) in [5, 5.41) is 0.844. The maximum Gasteiger partial charge on any atom is 0.416 e. The van der Waals surface area contributed by atoms with Gasteiger partial charge in [0.25, 0.3) is 0 Å². The molecule has 1 N–H and O–H groups in total. The van der Waals surface area contributed by atoms with E-state index in [0.29, 0.717) is 32.5 Å². The fraction of sp³-hybridized carbons (Fsp3) is 0.0714. The Balaban J connectivity index is 2.13. The fourth-order valence-electron chi connectivity index (χ4n) is 2.00. The molecular formula is C14H7Cl2F3N2. The molecule has 2 aromatic carbocycles. The average Bonchev–Trinajstić information content (AvgIpc) is 2.79. The van der Waals surface area contributed by atoms with Crippen molar-refractivity contribution in [2.75, 3.05) is 0 Å². The van der Waals surface area contributed by atoms with E-state index in [0.717, 1.165) is 12.1 Å². The van der Waals surface area contributed by atoms with Gasteiger partial charge in [0.2, 0.25) is 0 Å². The number of aromatic nitrogens is 2. The molecule has 0 bridgehead atoms. The van der Waals surface area contributed by atoms with Crippen molar-refractivity contribution in [3.63, 3.8) is 0 Å². The molecule has 2 nitrogen and oxygen atoms in total. The molecular weight excluding hydrogens is 324 g/mol. The summed E-state index contributed by atoms with van der Waals surface area (Å²) in [7, 11) is 0. The lowest BCUT2D eigenvalue weighted by atomic mass is 10.2. The van der Waals surface area contributed by atoms with Crippen LogP contribution in [0.1, 0.15) is 5.56 Å². The molecule has 0 amide bonds. The van der Waals surface area contributed by atoms with Crippen molar-refractivity contribution in [3.8, 4) is 11.4 Å². The number of nitrogens with zero attached hydrogens (tertiary/aromatic N) is 1. The maximum absolute atomic E-state index is 12.7. The number of halogens is 5. The first-order valence-electron chi connectivity index (χ1n) is 5.87. The minimum absolute atomic E-state index is 0.297. The third kappa shape index (κ3) is 2.71. The van der Waals surface area contributed by atoms with Gasteiger partial charge in [-0.1, -0.05) is 23.2 Å². The van der Waals surface area contributed by atoms with Crippen molar-refractivity contribution in [2.24, 2.45) is 0 Å². The first-order valence-corrected chi connectivity index (χ1v) is 6.62. The Morgan fingerprint density at radius 3 is 2.43 bits per heavy atom. The normalized spacial score (nSPS) is 12.0. The van der Waals surface area contributed by atoms with Crippen LogP contribution < -0.4 is 0 Å². The zero-order valence-corrected chi connectivity index (χ0v) is 11.8. The van der Waals surface area contributed by atoms with Crippen molar-refractivity contribution in [1.29, 1.82) is 0 Å². The highest BCUT2D eigenvalue weighted by molar-refractivity contribution is 6.36. The minimum Gasteiger partial charge on any atom is -0.338 e. The number of imidazole rings is 1. The summed E-state index contributed by atoms with van der Waals surface area (Å²) in [5.74, 6) is 0.394. The largest absolute Gasteiger partial charge is 0.416 e. The Hall–Kier alpha value is -1.72. The lowest BCUT2D eigenvalue weighted by Gasteiger charge is -2.05. The summed E-state index contributed by atoms with van der Waals surface area (Å²) >= 11 is 11.9. The first-order chi connectivity index (χ1) is 9.84. The summed E-state index contributed by atoms with van der Waals surface area (Å²) in [6.07, 6.45) is -4.39. The highest BCUT2D eigenvalue weighted by Gasteiger charge is 2.30. The van der Waals surface area contributed by atoms with E-state index in [2.05, 4.69) is 9.97 Å². The number of hydrogen-bond acceptors (Lipinski definition) is 1. The van der Waals surface area contributed by atoms with Crippen LogP contribution in [0, 0.1) is 0 Å². The molecule has 0 spiro atoms. The Bertz CT molecular complexity index is 825. The second-order valence-electron chi connectivity index (χ2n) is 4.44. The van der Waals surface area contributed by atoms with E-state index in [1.54, 1.807) is 18.2 Å². The lowest BCUT2D eigenvalue weighted by Crippen LogP contribution is -2.04. The maximum atomic E-state index is 12.7. The van der Waals surface area contributed by atoms with Crippen molar-refractivity contribution >= 4 is 34.2 Å². The molecule has 3 aromatic rings. The predicted molar refractivity (Wildman–Crippen MR) is 76.6 cm³/mol. The second-order valence-corrected chi connectivity index (χ2v) is 5.28. The Morgan fingerprint density at radius 2 is 1.76 bits per heavy atom. The van der Waals surface area contributed by atoms with Gasteiger partial charge < -0.3 is 4.98 Å². The van der Waals surface area contributed by atoms with Gasteiger partial charge in [0.1, 0.15) is 5.82 Å². The molecule has 21 heavy (non-hydrogen) atoms. The van der Waals surface area contributed by atoms with E-state index in [-0.39, 0.29) is 0 Å². The van der Waals surface area contributed by atoms with Crippen LogP contribution in [0.2, 0.25) is 10.0 Å². The van der Waals surface area contributed by atoms with Crippen LogP contribution in [0.15, 0.2) is 36.4 Å². The standard InChI is InChI=1S/C14H7Cl2F3N2/c15-8-2-3-9(10(16)6-8)13-20-11-4-1-7(14(17,18)19)5-12(11)21-13/h1-6H,(H,20,21). The molecule has 1 heterocycles. The van der Waals surface area contributed by atoms with Crippen molar-refractivity contribution in [1.82, 2.24) is 9.97 Å². The summed E-state index contributed by atoms with van der Waals surface area (Å²) in [6.45, 7) is 0. The smallest absolute Gasteiger partial charge is 0.338 e. The van der Waals surface area contributed by atoms with Crippen LogP contribution in [0.4, 0.5) is 13.2 Å². The Kier molecular flexibility index (Phi) is 3.34. The molecule has 0 fully saturated rings. The van der Waals surface area contributed by atoms with Crippen LogP contribution in [-0.4, -0.2) is 9.97 Å². The van der Waals surface area contributed by atoms with Crippen molar-refractivity contribution in [3.05, 3.63) is 52.0 Å². The van der Waals surface area contributed by atoms with E-state index in [1.807, 2.05) is 0 Å². The number of aromatic amines is 1. The van der Waals surface area contributed by atoms with E-state index in [1.165, 1.54) is 6.07 Å². The molecule has 0 aliphatic heterocycles. The fourth-order valence-corrected chi connectivity index (χ4v) is 2.49. The van der Waals surface area contributed by atoms with Crippen LogP contribution in [0.3, 0.4) is 0 Å². The second kappa shape index (κ2) is 4.93. The summed E-state index contributed by atoms with van der Waals surface area (Å²) < 4.78 is 38.1. The third-order valence-electron chi connectivity index (χ3n) is 3.00. The van der Waals surface area contributed by atoms with Crippen LogP contribution in [-0.2, 0) is 6.18 Å². The highest BCUT2D eigenvalue weighted by atomic mass is 35.5. The summed E-state index contributed by atoms with van der Waals surface area (Å²) in [6, 6.07) is 8.19. The molecule has 0 aliphatic rings. The van der Waals surface area contributed by atoms with Gasteiger partial charge in [-0.15, -0.1) is 0 Å². The lowest BCUT2D eigenvalue weighted by molar-refractivity contribution is -0.137. The predicted octanol–water partition coefficient (Wildman–Crippen LogP) is 5.56. The Morgan fingerprint density at radius 1 is 1.00 bits per heavy atom. The van der Waals surface area contributed by atoms with Gasteiger partial charge in [-0.3, -0.25) is 0 Å². The van der Waals surface area contributed by atoms with Crippen LogP contribution in [0.25, 0.3) is 22.4 Å². The topological polar surface area (TPSA) is 28.7 Å². The Labute approximate surface area is 127 Å². The molecule has 0 saturated heterocycles. The summed E-state index contributed by atoms with van der Waals surface area (Å²) in [4.78, 5) is 7.09. The van der Waals surface area contributed by atoms with Crippen molar-refractivity contribution in [2.45, 2.75) is 6.18 Å². The zero-order chi connectivity index (χ0) is 15.2. The van der Waals surface area contributed by atoms with E-state index in [4.69, 9.17) is 23.2 Å². The number of H-pyrrole nitrogens is 1. The number of fused-ring (bicyclic) bond motifs is 1. The average molecular weight is 331 g/mol. The van der Waals surface area contributed by atoms with Gasteiger partial charge in [-0.25, -0.2) is 4.98 Å². The van der Waals surface area contributed by atoms with Gasteiger partial charge in [0, 0.05) is 10.6 Å². The number of rotatable bonds is 1. The summed E-state index contributed by atoms with van der Waals surface area (Å²) in [5.41, 5.74) is 0.577. The van der Waals surface area contributed by atoms with Crippen molar-refractivity contribution < 1.29 is 13.2 Å². The van der Waals surface area contributed by atoms with Gasteiger partial charge in [0.15, 0.2) is 0 Å². The van der Waals surface area contributed by atoms with Crippen LogP contribution in [0.5, 0.6) is 0 Å². The molecule has 0 saturated carbocycles. The number of nitrogens with one attached hydrogen (secondary N) is 1. The highest BCUT2D eigenvalue weighted by Crippen LogP contribution is 2.33. The third-order valence-corrected chi connectivity index (χ3v) is 3.54. The van der Waals surface area contributed by atoms with Gasteiger partial charge in [0.05, 0.1) is 21.6 Å². The number of hydrogen-bond donors (Lipinski definition) is 1. The SMILES string of the molecule is FC(F)(F)c1ccc2nc(-c3ccc(Cl)cc3Cl)[nH]c2c1. The molecule has 0 unspecified atom stereocenters. The molecule has 7 heteroatoms. The molecule has 0 aliphatic carbocycles. The van der Waals surface area contributed by atoms with E-state index < -0.39 is 11.7 Å². The van der Waals surface area contributed by atoms with Crippen LogP contribution >= 0.6 is 23.2 Å². The first kappa shape index (κ1) is 14.2. The molecule has 108 valence electrons. The number of alkyl halides is 3. The quantitative estimate of drug-likeness (QED) is 0.622. The monoisotopic (exact) mass is 330 g/mol. The zero-order valence-electron chi connectivity index (χ0n) is 10.3. The minimum atomic E-state index is -4.39. The van der Waals surface area contributed by atoms with Gasteiger partial charge in [-0.2, -0.15) is 13.2 Å². The van der Waals surface area contributed by atoms with E-state index >= 15 is 0 Å². The van der Waals surface area contributed by atoms with Gasteiger partial charge in [-0.05, 0) is 36.4 Å². The molecule has 0 radical (unpaired) electrons. The van der Waals surface area contributed by atoms with Gasteiger partial charge >= 0.3 is 6.18 Å². The number of benzene rings is 2. The molecule has 3 rings (SSSR count). The molecule has 0 atom stereocenters. The van der Waals surface area contributed by atoms with E-state index in [9.17, 15) is 13.2 Å².